The van der Waals surface area contributed by atoms with Crippen LogP contribution in [0.1, 0.15) is 11.4 Å². The molecular weight excluding hydrogens is 549 g/mol. The van der Waals surface area contributed by atoms with Gasteiger partial charge in [-0.05, 0) is 76.0 Å². The maximum absolute atomic E-state index is 13.0. The number of pyridine rings is 2. The Morgan fingerprint density at radius 1 is 0.558 bits per heavy atom. The molecule has 0 fully saturated rings. The van der Waals surface area contributed by atoms with Crippen molar-refractivity contribution in [2.45, 2.75) is 13.1 Å². The predicted molar refractivity (Wildman–Crippen MR) is 157 cm³/mol. The lowest BCUT2D eigenvalue weighted by Gasteiger charge is -2.07. The fourth-order valence-corrected chi connectivity index (χ4v) is 5.75. The molecule has 5 aromatic carbocycles. The van der Waals surface area contributed by atoms with Gasteiger partial charge in [-0.1, -0.05) is 36.4 Å². The summed E-state index contributed by atoms with van der Waals surface area (Å²) in [6, 6.07) is 21.7. The normalized spacial score (nSPS) is 12.9. The number of aromatic nitrogens is 2. The molecule has 0 aliphatic rings. The van der Waals surface area contributed by atoms with E-state index in [9.17, 15) is 23.7 Å². The highest BCUT2D eigenvalue weighted by atomic mass is 19.4. The molecule has 2 aromatic heterocycles. The zero-order valence-corrected chi connectivity index (χ0v) is 22.4. The third kappa shape index (κ3) is 4.18. The van der Waals surface area contributed by atoms with E-state index in [1.165, 1.54) is 12.3 Å². The Hall–Kier alpha value is -5.93. The van der Waals surface area contributed by atoms with Crippen LogP contribution in [0, 0.1) is 29.8 Å². The molecule has 6 nitrogen and oxygen atoms in total. The molecule has 0 amide bonds. The largest absolute Gasteiger partial charge is 0.433 e. The van der Waals surface area contributed by atoms with Crippen LogP contribution in [0.4, 0.5) is 13.2 Å². The molecule has 0 aliphatic heterocycles. The Labute approximate surface area is 241 Å². The van der Waals surface area contributed by atoms with Crippen LogP contribution in [0.5, 0.6) is 0 Å². The average molecular weight is 567 g/mol. The number of nitriles is 2. The number of hydrogen-bond donors (Lipinski definition) is 0. The van der Waals surface area contributed by atoms with E-state index in [-0.39, 0.29) is 0 Å². The molecule has 0 unspecified atom stereocenters. The van der Waals surface area contributed by atoms with Crippen LogP contribution in [0.3, 0.4) is 0 Å². The Morgan fingerprint density at radius 2 is 1.02 bits per heavy atom. The summed E-state index contributed by atoms with van der Waals surface area (Å²) in [7, 11) is 0. The molecule has 7 rings (SSSR count). The van der Waals surface area contributed by atoms with Crippen molar-refractivity contribution in [3.8, 4) is 34.6 Å². The van der Waals surface area contributed by atoms with Gasteiger partial charge >= 0.3 is 6.18 Å². The van der Waals surface area contributed by atoms with E-state index in [1.807, 2.05) is 74.0 Å². The average Bonchev–Trinajstić information content (AvgIpc) is 3.47. The van der Waals surface area contributed by atoms with Crippen molar-refractivity contribution in [2.24, 2.45) is 9.98 Å². The minimum atomic E-state index is -4.53. The number of alkyl halides is 3. The summed E-state index contributed by atoms with van der Waals surface area (Å²) < 4.78 is 39.1. The molecule has 2 heterocycles. The molecule has 43 heavy (non-hydrogen) atoms. The van der Waals surface area contributed by atoms with Crippen molar-refractivity contribution in [1.82, 2.24) is 9.97 Å². The van der Waals surface area contributed by atoms with Gasteiger partial charge in [-0.3, -0.25) is 9.97 Å². The van der Waals surface area contributed by atoms with Crippen molar-refractivity contribution in [3.05, 3.63) is 107 Å². The van der Waals surface area contributed by atoms with Crippen LogP contribution in [0.25, 0.3) is 65.3 Å². The van der Waals surface area contributed by atoms with Gasteiger partial charge in [0.2, 0.25) is 12.4 Å². The Balaban J connectivity index is 1.48. The van der Waals surface area contributed by atoms with Crippen molar-refractivity contribution in [3.63, 3.8) is 0 Å². The first-order chi connectivity index (χ1) is 20.8. The zero-order chi connectivity index (χ0) is 29.9. The van der Waals surface area contributed by atoms with E-state index in [0.29, 0.717) is 27.2 Å². The van der Waals surface area contributed by atoms with Gasteiger partial charge in [-0.15, -0.1) is 0 Å². The molecule has 204 valence electrons. The second-order valence-electron chi connectivity index (χ2n) is 10.2. The minimum absolute atomic E-state index is 0.464. The number of hydrogen-bond acceptors (Lipinski definition) is 6. The molecule has 0 N–H and O–H groups in total. The van der Waals surface area contributed by atoms with E-state index >= 15 is 0 Å². The number of halogens is 3. The lowest BCUT2D eigenvalue weighted by molar-refractivity contribution is -0.141. The number of fused-ring (bicyclic) bond motifs is 6. The molecule has 0 saturated heterocycles. The monoisotopic (exact) mass is 566 g/mol. The first-order valence-electron chi connectivity index (χ1n) is 13.2. The summed E-state index contributed by atoms with van der Waals surface area (Å²) in [5, 5.41) is 26.6. The summed E-state index contributed by atoms with van der Waals surface area (Å²) in [5.41, 5.74) is 2.98. The Morgan fingerprint density at radius 3 is 1.44 bits per heavy atom. The standard InChI is InChI=1S/C34H17F3N6/c1-18-2-3-21(14-40-18)19-4-7-23-25-12-30-26(13-29(25)32(42-16-38)27(23)10-19)24-8-5-20(11-28(24)33(30)43-17-39)22-6-9-31(41-15-22)34(35,36)37/h2-15H,1H3. The van der Waals surface area contributed by atoms with Crippen LogP contribution in [0.15, 0.2) is 95.2 Å². The van der Waals surface area contributed by atoms with Gasteiger partial charge in [0.05, 0.1) is 10.7 Å². The second-order valence-corrected chi connectivity index (χ2v) is 10.2. The first-order valence-corrected chi connectivity index (χ1v) is 13.2. The van der Waals surface area contributed by atoms with E-state index in [4.69, 9.17) is 0 Å². The fraction of sp³-hybridized carbons (Fsp3) is 0.0588. The maximum Gasteiger partial charge on any atom is 0.433 e. The van der Waals surface area contributed by atoms with Crippen molar-refractivity contribution in [1.29, 1.82) is 10.5 Å². The molecule has 0 radical (unpaired) electrons. The summed E-state index contributed by atoms with van der Waals surface area (Å²) >= 11 is 0. The lowest BCUT2D eigenvalue weighted by atomic mass is 10.0. The van der Waals surface area contributed by atoms with Crippen molar-refractivity contribution < 1.29 is 13.2 Å². The molecular formula is C34H17F3N6. The van der Waals surface area contributed by atoms with Crippen LogP contribution in [-0.2, 0) is 6.18 Å². The number of nitrogens with zero attached hydrogens (tertiary/aromatic N) is 6. The number of rotatable bonds is 2. The highest BCUT2D eigenvalue weighted by molar-refractivity contribution is 6.21. The molecule has 0 bridgehead atoms. The van der Waals surface area contributed by atoms with Crippen LogP contribution < -0.4 is 10.7 Å². The fourth-order valence-electron chi connectivity index (χ4n) is 5.75. The minimum Gasteiger partial charge on any atom is -0.261 e. The molecule has 0 atom stereocenters. The maximum atomic E-state index is 13.0. The summed E-state index contributed by atoms with van der Waals surface area (Å²) in [6.45, 7) is 1.93. The SMILES string of the molecule is Cc1ccc(-c2ccc3c(c2)c(=NC#N)c2cc4c(cc23)c(=NC#N)c2cc(-c3ccc(C(F)(F)F)nc3)ccc24)cn1. The summed E-state index contributed by atoms with van der Waals surface area (Å²) in [4.78, 5) is 16.3. The van der Waals surface area contributed by atoms with E-state index in [0.717, 1.165) is 60.6 Å². The number of benzene rings is 3. The lowest BCUT2D eigenvalue weighted by Crippen LogP contribution is -2.07. The predicted octanol–water partition coefficient (Wildman–Crippen LogP) is 7.39. The van der Waals surface area contributed by atoms with E-state index in [1.54, 1.807) is 12.1 Å². The highest BCUT2D eigenvalue weighted by Gasteiger charge is 2.32. The molecule has 7 aromatic rings. The van der Waals surface area contributed by atoms with Crippen LogP contribution >= 0.6 is 0 Å². The Bertz CT molecular complexity index is 2450. The second kappa shape index (κ2) is 9.57. The first kappa shape index (κ1) is 26.0. The zero-order valence-electron chi connectivity index (χ0n) is 22.4. The topological polar surface area (TPSA) is 98.1 Å². The van der Waals surface area contributed by atoms with E-state index in [2.05, 4.69) is 20.0 Å². The van der Waals surface area contributed by atoms with Gasteiger partial charge in [0.15, 0.2) is 0 Å². The van der Waals surface area contributed by atoms with Crippen LogP contribution in [-0.4, -0.2) is 9.97 Å². The Kier molecular flexibility index (Phi) is 5.79. The molecule has 0 spiro atoms. The van der Waals surface area contributed by atoms with Gasteiger partial charge in [0.25, 0.3) is 0 Å². The third-order valence-electron chi connectivity index (χ3n) is 7.75. The van der Waals surface area contributed by atoms with E-state index < -0.39 is 11.9 Å². The van der Waals surface area contributed by atoms with Crippen LogP contribution in [0.2, 0.25) is 0 Å². The van der Waals surface area contributed by atoms with Gasteiger partial charge in [0.1, 0.15) is 5.69 Å². The molecule has 0 aliphatic carbocycles. The van der Waals surface area contributed by atoms with Gasteiger partial charge in [-0.25, -0.2) is 0 Å². The van der Waals surface area contributed by atoms with Crippen molar-refractivity contribution >= 4 is 43.1 Å². The number of aryl methyl sites for hydroxylation is 1. The highest BCUT2D eigenvalue weighted by Crippen LogP contribution is 2.35. The smallest absolute Gasteiger partial charge is 0.261 e. The van der Waals surface area contributed by atoms with Crippen molar-refractivity contribution in [2.75, 3.05) is 0 Å². The molecule has 9 heteroatoms. The van der Waals surface area contributed by atoms with Gasteiger partial charge in [0, 0.05) is 50.8 Å². The van der Waals surface area contributed by atoms with Gasteiger partial charge < -0.3 is 0 Å². The molecule has 0 saturated carbocycles. The third-order valence-corrected chi connectivity index (χ3v) is 7.75. The quantitative estimate of drug-likeness (QED) is 0.204. The summed E-state index contributed by atoms with van der Waals surface area (Å²) in [5.74, 6) is 0. The van der Waals surface area contributed by atoms with Gasteiger partial charge in [-0.2, -0.15) is 33.7 Å². The summed E-state index contributed by atoms with van der Waals surface area (Å²) in [6.07, 6.45) is 2.31.